The smallest absolute Gasteiger partial charge is 0.325 e. The number of alkyl halides is 3. The van der Waals surface area contributed by atoms with Crippen LogP contribution in [0.15, 0.2) is 67.0 Å². The lowest BCUT2D eigenvalue weighted by atomic mass is 10.1. The van der Waals surface area contributed by atoms with Crippen molar-refractivity contribution >= 4 is 38.9 Å². The van der Waals surface area contributed by atoms with Gasteiger partial charge in [-0.05, 0) is 60.0 Å². The number of hydrogen-bond donors (Lipinski definition) is 1. The van der Waals surface area contributed by atoms with Crippen LogP contribution in [0.5, 0.6) is 0 Å². The Bertz CT molecular complexity index is 1240. The number of hydrogen-bond acceptors (Lipinski definition) is 4. The van der Waals surface area contributed by atoms with Crippen LogP contribution in [0.25, 0.3) is 0 Å². The highest BCUT2D eigenvalue weighted by molar-refractivity contribution is 7.92. The summed E-state index contributed by atoms with van der Waals surface area (Å²) in [6.07, 6.45) is 0.0644. The maximum Gasteiger partial charge on any atom is 0.417 e. The van der Waals surface area contributed by atoms with Gasteiger partial charge in [0.15, 0.2) is 0 Å². The minimum absolute atomic E-state index is 0.322. The first kappa shape index (κ1) is 24.5. The number of rotatable bonds is 7. The summed E-state index contributed by atoms with van der Waals surface area (Å²) in [6, 6.07) is 13.3. The molecule has 1 N–H and O–H groups in total. The van der Waals surface area contributed by atoms with Gasteiger partial charge in [-0.1, -0.05) is 23.7 Å². The quantitative estimate of drug-likeness (QED) is 0.511. The number of nitrogens with zero attached hydrogens (tertiary/aromatic N) is 2. The number of carbonyl (C=O) groups excluding carboxylic acids is 1. The zero-order chi connectivity index (χ0) is 24.2. The van der Waals surface area contributed by atoms with E-state index in [1.54, 1.807) is 36.7 Å². The van der Waals surface area contributed by atoms with E-state index in [1.807, 2.05) is 12.1 Å². The van der Waals surface area contributed by atoms with Crippen LogP contribution in [0.2, 0.25) is 5.02 Å². The van der Waals surface area contributed by atoms with Gasteiger partial charge in [-0.25, -0.2) is 8.42 Å². The monoisotopic (exact) mass is 497 g/mol. The standard InChI is InChI=1S/C22H19ClF3N3O3S/c1-33(31,32)29(18-6-7-20(23)19(13-18)22(24,25)26)14-21(30)28-17-4-2-15(3-5-17)12-16-8-10-27-11-9-16/h2-11,13H,12,14H2,1H3,(H,28,30). The van der Waals surface area contributed by atoms with Gasteiger partial charge in [0.2, 0.25) is 15.9 Å². The predicted octanol–water partition coefficient (Wildman–Crippen LogP) is 4.75. The molecule has 11 heteroatoms. The first-order valence-corrected chi connectivity index (χ1v) is 11.8. The molecule has 0 spiro atoms. The molecule has 174 valence electrons. The zero-order valence-corrected chi connectivity index (χ0v) is 18.9. The van der Waals surface area contributed by atoms with Crippen LogP contribution >= 0.6 is 11.6 Å². The average molecular weight is 498 g/mol. The number of sulfonamides is 1. The largest absolute Gasteiger partial charge is 0.417 e. The Balaban J connectivity index is 1.74. The van der Waals surface area contributed by atoms with Crippen LogP contribution in [-0.2, 0) is 27.4 Å². The van der Waals surface area contributed by atoms with E-state index in [0.29, 0.717) is 22.5 Å². The van der Waals surface area contributed by atoms with E-state index in [4.69, 9.17) is 11.6 Å². The van der Waals surface area contributed by atoms with Crippen LogP contribution in [0.1, 0.15) is 16.7 Å². The predicted molar refractivity (Wildman–Crippen MR) is 121 cm³/mol. The summed E-state index contributed by atoms with van der Waals surface area (Å²) in [5.74, 6) is -0.717. The topological polar surface area (TPSA) is 79.4 Å². The summed E-state index contributed by atoms with van der Waals surface area (Å²) in [7, 11) is -4.06. The van der Waals surface area contributed by atoms with Crippen molar-refractivity contribution in [2.24, 2.45) is 0 Å². The molecular formula is C22H19ClF3N3O3S. The summed E-state index contributed by atoms with van der Waals surface area (Å²) in [6.45, 7) is -0.712. The van der Waals surface area contributed by atoms with Crippen molar-refractivity contribution in [3.63, 3.8) is 0 Å². The Kier molecular flexibility index (Phi) is 7.28. The van der Waals surface area contributed by atoms with Gasteiger partial charge in [0.05, 0.1) is 22.5 Å². The van der Waals surface area contributed by atoms with Gasteiger partial charge in [0.25, 0.3) is 0 Å². The zero-order valence-electron chi connectivity index (χ0n) is 17.3. The van der Waals surface area contributed by atoms with Crippen LogP contribution in [0.3, 0.4) is 0 Å². The van der Waals surface area contributed by atoms with E-state index in [-0.39, 0.29) is 5.69 Å². The fourth-order valence-electron chi connectivity index (χ4n) is 3.06. The van der Waals surface area contributed by atoms with E-state index in [0.717, 1.165) is 29.5 Å². The highest BCUT2D eigenvalue weighted by Crippen LogP contribution is 2.37. The van der Waals surface area contributed by atoms with E-state index in [1.165, 1.54) is 0 Å². The van der Waals surface area contributed by atoms with Crippen molar-refractivity contribution in [2.75, 3.05) is 22.4 Å². The van der Waals surface area contributed by atoms with E-state index in [9.17, 15) is 26.4 Å². The van der Waals surface area contributed by atoms with Crippen LogP contribution in [0, 0.1) is 0 Å². The molecule has 0 saturated carbocycles. The Hall–Kier alpha value is -3.11. The number of nitrogens with one attached hydrogen (secondary N) is 1. The van der Waals surface area contributed by atoms with Crippen LogP contribution in [-0.4, -0.2) is 32.1 Å². The van der Waals surface area contributed by atoms with Gasteiger partial charge >= 0.3 is 6.18 Å². The maximum atomic E-state index is 13.2. The maximum absolute atomic E-state index is 13.2. The van der Waals surface area contributed by atoms with Gasteiger partial charge in [-0.2, -0.15) is 13.2 Å². The lowest BCUT2D eigenvalue weighted by Crippen LogP contribution is -2.37. The van der Waals surface area contributed by atoms with Crippen molar-refractivity contribution in [2.45, 2.75) is 12.6 Å². The molecule has 0 saturated heterocycles. The molecule has 3 aromatic rings. The fraction of sp³-hybridized carbons (Fsp3) is 0.182. The summed E-state index contributed by atoms with van der Waals surface area (Å²) >= 11 is 5.61. The normalized spacial score (nSPS) is 11.8. The SMILES string of the molecule is CS(=O)(=O)N(CC(=O)Nc1ccc(Cc2ccncc2)cc1)c1ccc(Cl)c(C(F)(F)F)c1. The number of pyridine rings is 1. The second-order valence-electron chi connectivity index (χ2n) is 7.21. The van der Waals surface area contributed by atoms with Crippen molar-refractivity contribution in [1.29, 1.82) is 0 Å². The molecule has 1 amide bonds. The highest BCUT2D eigenvalue weighted by Gasteiger charge is 2.34. The van der Waals surface area contributed by atoms with Crippen molar-refractivity contribution in [3.05, 3.63) is 88.7 Å². The molecule has 0 aliphatic carbocycles. The van der Waals surface area contributed by atoms with Gasteiger partial charge < -0.3 is 5.32 Å². The molecule has 0 aliphatic heterocycles. The Labute approximate surface area is 194 Å². The molecule has 1 heterocycles. The Morgan fingerprint density at radius 1 is 1.03 bits per heavy atom. The minimum atomic E-state index is -4.78. The fourth-order valence-corrected chi connectivity index (χ4v) is 4.13. The molecule has 1 aromatic heterocycles. The summed E-state index contributed by atoms with van der Waals surface area (Å²) in [4.78, 5) is 16.5. The number of carbonyl (C=O) groups is 1. The molecule has 33 heavy (non-hydrogen) atoms. The summed E-state index contributed by atoms with van der Waals surface area (Å²) < 4.78 is 64.5. The molecule has 0 unspecified atom stereocenters. The van der Waals surface area contributed by atoms with Gasteiger partial charge in [-0.15, -0.1) is 0 Å². The van der Waals surface area contributed by atoms with Crippen LogP contribution < -0.4 is 9.62 Å². The second-order valence-corrected chi connectivity index (χ2v) is 9.52. The summed E-state index contributed by atoms with van der Waals surface area (Å²) in [5, 5.41) is 1.99. The molecule has 6 nitrogen and oxygen atoms in total. The molecule has 0 fully saturated rings. The van der Waals surface area contributed by atoms with E-state index < -0.39 is 39.2 Å². The average Bonchev–Trinajstić information content (AvgIpc) is 2.73. The third-order valence-electron chi connectivity index (χ3n) is 4.63. The molecule has 0 bridgehead atoms. The highest BCUT2D eigenvalue weighted by atomic mass is 35.5. The van der Waals surface area contributed by atoms with Gasteiger partial charge in [-0.3, -0.25) is 14.1 Å². The Morgan fingerprint density at radius 3 is 2.21 bits per heavy atom. The number of halogens is 4. The summed E-state index contributed by atoms with van der Waals surface area (Å²) in [5.41, 5.74) is 0.946. The van der Waals surface area contributed by atoms with Crippen LogP contribution in [0.4, 0.5) is 24.5 Å². The third-order valence-corrected chi connectivity index (χ3v) is 6.10. The first-order valence-electron chi connectivity index (χ1n) is 9.55. The lowest BCUT2D eigenvalue weighted by Gasteiger charge is -2.23. The number of benzene rings is 2. The number of aromatic nitrogens is 1. The third kappa shape index (κ3) is 6.69. The van der Waals surface area contributed by atoms with Gasteiger partial charge in [0.1, 0.15) is 6.54 Å². The minimum Gasteiger partial charge on any atom is -0.325 e. The lowest BCUT2D eigenvalue weighted by molar-refractivity contribution is -0.137. The molecule has 0 aliphatic rings. The van der Waals surface area contributed by atoms with Crippen molar-refractivity contribution < 1.29 is 26.4 Å². The Morgan fingerprint density at radius 2 is 1.64 bits per heavy atom. The first-order chi connectivity index (χ1) is 15.4. The second kappa shape index (κ2) is 9.80. The molecule has 0 radical (unpaired) electrons. The van der Waals surface area contributed by atoms with E-state index in [2.05, 4.69) is 10.3 Å². The number of anilines is 2. The van der Waals surface area contributed by atoms with Gasteiger partial charge in [0, 0.05) is 18.1 Å². The number of amides is 1. The molecule has 3 rings (SSSR count). The molecule has 0 atom stereocenters. The molecule has 2 aromatic carbocycles. The van der Waals surface area contributed by atoms with Crippen molar-refractivity contribution in [1.82, 2.24) is 4.98 Å². The molecular weight excluding hydrogens is 479 g/mol. The van der Waals surface area contributed by atoms with Crippen molar-refractivity contribution in [3.8, 4) is 0 Å². The van der Waals surface area contributed by atoms with E-state index >= 15 is 0 Å².